The Balaban J connectivity index is -0.000000451. The maximum atomic E-state index is 11.1. The quantitative estimate of drug-likeness (QED) is 0.297. The van der Waals surface area contributed by atoms with E-state index in [4.69, 9.17) is 4.74 Å². The first kappa shape index (κ1) is 29.9. The molecule has 0 aromatic heterocycles. The molecule has 0 heterocycles. The molecule has 23 heavy (non-hydrogen) atoms. The van der Waals surface area contributed by atoms with Crippen LogP contribution in [-0.2, 0) is 4.79 Å². The molecule has 0 spiro atoms. The average molecular weight is 357 g/mol. The van der Waals surface area contributed by atoms with E-state index in [9.17, 15) is 20.1 Å². The van der Waals surface area contributed by atoms with Gasteiger partial charge in [-0.25, -0.2) is 0 Å². The number of aliphatic imine (C=N–C) groups is 2. The zero-order valence-electron chi connectivity index (χ0n) is 12.7. The Labute approximate surface area is 174 Å². The van der Waals surface area contributed by atoms with E-state index in [0.29, 0.717) is 5.56 Å². The first-order valence-corrected chi connectivity index (χ1v) is 5.30. The topological polar surface area (TPSA) is 212 Å². The third-order valence-electron chi connectivity index (χ3n) is 2.09. The van der Waals surface area contributed by atoms with Crippen molar-refractivity contribution in [1.29, 1.82) is 0 Å². The molecule has 1 rings (SSSR count). The fourth-order valence-corrected chi connectivity index (χ4v) is 1.23. The molecule has 10 nitrogen and oxygen atoms in total. The molecular formula is C12H18KN2O8-. The molecule has 0 saturated carbocycles. The van der Waals surface area contributed by atoms with Gasteiger partial charge < -0.3 is 41.3 Å². The number of phenols is 1. The van der Waals surface area contributed by atoms with Crippen LogP contribution in [0.1, 0.15) is 5.56 Å². The minimum Gasteiger partial charge on any atom is -0.861 e. The largest absolute Gasteiger partial charge is 1.00 e. The van der Waals surface area contributed by atoms with Gasteiger partial charge in [-0.1, -0.05) is 6.07 Å². The van der Waals surface area contributed by atoms with Crippen LogP contribution in [0.3, 0.4) is 0 Å². The summed E-state index contributed by atoms with van der Waals surface area (Å²) in [7, 11) is 1.41. The molecule has 0 amide bonds. The van der Waals surface area contributed by atoms with E-state index >= 15 is 0 Å². The number of benzene rings is 1. The number of carboxylic acid groups (broad SMARTS) is 1. The predicted molar refractivity (Wildman–Crippen MR) is 75.3 cm³/mol. The van der Waals surface area contributed by atoms with E-state index in [0.717, 1.165) is 0 Å². The van der Waals surface area contributed by atoms with E-state index in [2.05, 4.69) is 9.98 Å². The van der Waals surface area contributed by atoms with E-state index in [1.807, 2.05) is 0 Å². The second-order valence-corrected chi connectivity index (χ2v) is 3.45. The van der Waals surface area contributed by atoms with Gasteiger partial charge in [0.1, 0.15) is 0 Å². The van der Waals surface area contributed by atoms with E-state index in [1.165, 1.54) is 13.3 Å². The Morgan fingerprint density at radius 1 is 1.26 bits per heavy atom. The van der Waals surface area contributed by atoms with Crippen molar-refractivity contribution < 1.29 is 92.7 Å². The average Bonchev–Trinajstić information content (AvgIpc) is 2.38. The van der Waals surface area contributed by atoms with Gasteiger partial charge in [-0.2, -0.15) is 0 Å². The minimum atomic E-state index is -1.43. The first-order valence-electron chi connectivity index (χ1n) is 5.30. The summed E-state index contributed by atoms with van der Waals surface area (Å²) >= 11 is 0. The van der Waals surface area contributed by atoms with Crippen LogP contribution in [0.2, 0.25) is 0 Å². The van der Waals surface area contributed by atoms with Crippen LogP contribution in [0.5, 0.6) is 11.5 Å². The van der Waals surface area contributed by atoms with E-state index in [-0.39, 0.29) is 85.9 Å². The number of aromatic hydroxyl groups is 1. The maximum absolute atomic E-state index is 11.1. The van der Waals surface area contributed by atoms with Gasteiger partial charge in [0, 0.05) is 11.8 Å². The van der Waals surface area contributed by atoms with Gasteiger partial charge in [-0.15, -0.1) is 0 Å². The summed E-state index contributed by atoms with van der Waals surface area (Å²) in [6.45, 7) is -0.983. The second kappa shape index (κ2) is 15.8. The van der Waals surface area contributed by atoms with Crippen LogP contribution in [-0.4, -0.2) is 59.8 Å². The zero-order chi connectivity index (χ0) is 14.3. The number of rotatable bonds is 6. The van der Waals surface area contributed by atoms with Gasteiger partial charge in [-0.05, 0) is 18.0 Å². The van der Waals surface area contributed by atoms with Crippen LogP contribution in [0.25, 0.3) is 0 Å². The number of carbonyl (C=O) groups excluding carboxylic acids is 1. The van der Waals surface area contributed by atoms with Gasteiger partial charge in [0.05, 0.1) is 26.2 Å². The summed E-state index contributed by atoms with van der Waals surface area (Å²) in [4.78, 5) is 17.0. The van der Waals surface area contributed by atoms with Gasteiger partial charge in [-0.3, -0.25) is 9.98 Å². The number of carbonyl (C=O) groups is 1. The summed E-state index contributed by atoms with van der Waals surface area (Å²) in [6.07, 6.45) is 1.28. The molecule has 1 aromatic carbocycles. The standard InChI is InChI=1S/C12H14N2O5.K.3H2O/c1-19-9-4-2-3-8(12(9)18)5-13-6-10(15)14-7-11(16)17;;;;/h2-5,18H,6-7H2,1H3,(H,14,15)(H,16,17);;3*1H2/q;+1;;;/p-2. The van der Waals surface area contributed by atoms with Gasteiger partial charge in [0.2, 0.25) is 0 Å². The molecule has 0 bridgehead atoms. The SMILES string of the molecule is COc1cccc(C=NCC([O-])=NCC(=O)[O-])c1O.O.O.O.[K+]. The summed E-state index contributed by atoms with van der Waals surface area (Å²) in [5.74, 6) is -1.91. The fourth-order valence-electron chi connectivity index (χ4n) is 1.23. The molecular weight excluding hydrogens is 339 g/mol. The molecule has 7 N–H and O–H groups in total. The van der Waals surface area contributed by atoms with Crippen molar-refractivity contribution in [3.8, 4) is 11.5 Å². The third-order valence-corrected chi connectivity index (χ3v) is 2.09. The number of aliphatic carboxylic acids is 1. The Bertz CT molecular complexity index is 522. The predicted octanol–water partition coefficient (Wildman–Crippen LogP) is -7.14. The number of hydrogen-bond donors (Lipinski definition) is 1. The van der Waals surface area contributed by atoms with Crippen LogP contribution < -0.4 is 66.3 Å². The van der Waals surface area contributed by atoms with Gasteiger partial charge in [0.25, 0.3) is 0 Å². The van der Waals surface area contributed by atoms with Crippen molar-refractivity contribution >= 4 is 18.1 Å². The molecule has 0 atom stereocenters. The van der Waals surface area contributed by atoms with Crippen LogP contribution in [0.4, 0.5) is 0 Å². The summed E-state index contributed by atoms with van der Waals surface area (Å²) < 4.78 is 4.91. The molecule has 0 radical (unpaired) electrons. The van der Waals surface area contributed by atoms with Crippen molar-refractivity contribution in [2.45, 2.75) is 0 Å². The summed E-state index contributed by atoms with van der Waals surface area (Å²) in [5.41, 5.74) is 0.382. The van der Waals surface area contributed by atoms with Crippen LogP contribution in [0, 0.1) is 0 Å². The Kier molecular flexibility index (Phi) is 20.6. The van der Waals surface area contributed by atoms with Crippen molar-refractivity contribution in [1.82, 2.24) is 0 Å². The van der Waals surface area contributed by atoms with E-state index in [1.54, 1.807) is 18.2 Å². The minimum absolute atomic E-state index is 0. The number of hydrogen-bond acceptors (Lipinski definition) is 7. The second-order valence-electron chi connectivity index (χ2n) is 3.45. The fraction of sp³-hybridized carbons (Fsp3) is 0.250. The van der Waals surface area contributed by atoms with Crippen LogP contribution in [0.15, 0.2) is 28.2 Å². The molecule has 0 saturated heterocycles. The molecule has 1 aromatic rings. The summed E-state index contributed by atoms with van der Waals surface area (Å²) in [6, 6.07) is 4.82. The normalized spacial score (nSPS) is 9.70. The smallest absolute Gasteiger partial charge is 0.861 e. The van der Waals surface area contributed by atoms with Crippen LogP contribution >= 0.6 is 0 Å². The summed E-state index contributed by atoms with van der Waals surface area (Å²) in [5, 5.41) is 30.9. The Morgan fingerprint density at radius 3 is 2.39 bits per heavy atom. The van der Waals surface area contributed by atoms with E-state index < -0.39 is 18.4 Å². The number of para-hydroxylation sites is 1. The van der Waals surface area contributed by atoms with Crippen molar-refractivity contribution in [2.75, 3.05) is 20.2 Å². The van der Waals surface area contributed by atoms with Crippen molar-refractivity contribution in [3.05, 3.63) is 23.8 Å². The Morgan fingerprint density at radius 2 is 1.87 bits per heavy atom. The number of carboxylic acids is 1. The van der Waals surface area contributed by atoms with Gasteiger partial charge in [0.15, 0.2) is 11.5 Å². The molecule has 0 aliphatic carbocycles. The number of ether oxygens (including phenoxy) is 1. The molecule has 0 aliphatic rings. The molecule has 0 unspecified atom stereocenters. The number of nitrogens with zero attached hydrogens (tertiary/aromatic N) is 2. The maximum Gasteiger partial charge on any atom is 1.00 e. The molecule has 0 aliphatic heterocycles. The molecule has 126 valence electrons. The van der Waals surface area contributed by atoms with Crippen molar-refractivity contribution in [3.63, 3.8) is 0 Å². The molecule has 0 fully saturated rings. The zero-order valence-corrected chi connectivity index (χ0v) is 15.8. The van der Waals surface area contributed by atoms with Crippen molar-refractivity contribution in [2.24, 2.45) is 9.98 Å². The first-order chi connectivity index (χ1) is 9.04. The monoisotopic (exact) mass is 357 g/mol. The van der Waals surface area contributed by atoms with Gasteiger partial charge >= 0.3 is 51.4 Å². The number of phenolic OH excluding ortho intramolecular Hbond substituents is 1. The third kappa shape index (κ3) is 11.2. The Hall–Kier alpha value is -1.05. The molecule has 11 heteroatoms. The number of methoxy groups -OCH3 is 1.